The minimum Gasteiger partial charge on any atom is -0.497 e. The molecule has 0 atom stereocenters. The second kappa shape index (κ2) is 5.65. The van der Waals surface area contributed by atoms with Crippen molar-refractivity contribution in [2.45, 2.75) is 0 Å². The molecule has 0 saturated heterocycles. The Balaban J connectivity index is 1.98. The van der Waals surface area contributed by atoms with Gasteiger partial charge in [0.05, 0.1) is 29.8 Å². The second-order valence-corrected chi connectivity index (χ2v) is 6.25. The number of aromatic nitrogens is 2. The van der Waals surface area contributed by atoms with Gasteiger partial charge < -0.3 is 9.47 Å². The van der Waals surface area contributed by atoms with Crippen LogP contribution in [0.2, 0.25) is 0 Å². The molecule has 0 spiro atoms. The van der Waals surface area contributed by atoms with Crippen molar-refractivity contribution < 1.29 is 9.47 Å². The standard InChI is InChI=1S/C18H14N2O3S/c1-22-12-7-8-15(23-2)11(9-12)10-16-17(21)20-14-6-4-3-5-13(14)19-18(20)24-16/h3-10H,1-2H3. The fourth-order valence-electron chi connectivity index (χ4n) is 2.71. The van der Waals surface area contributed by atoms with Crippen LogP contribution in [0.25, 0.3) is 22.1 Å². The molecule has 0 amide bonds. The van der Waals surface area contributed by atoms with Crippen molar-refractivity contribution in [3.63, 3.8) is 0 Å². The van der Waals surface area contributed by atoms with Crippen LogP contribution < -0.4 is 19.6 Å². The molecule has 0 saturated carbocycles. The minimum atomic E-state index is -0.0754. The maximum absolute atomic E-state index is 12.8. The van der Waals surface area contributed by atoms with E-state index in [0.29, 0.717) is 21.0 Å². The van der Waals surface area contributed by atoms with E-state index in [9.17, 15) is 4.79 Å². The number of rotatable bonds is 3. The van der Waals surface area contributed by atoms with Crippen LogP contribution in [0.1, 0.15) is 5.56 Å². The third kappa shape index (κ3) is 2.23. The van der Waals surface area contributed by atoms with E-state index in [1.54, 1.807) is 18.6 Å². The molecule has 0 aliphatic carbocycles. The lowest BCUT2D eigenvalue weighted by Crippen LogP contribution is -2.22. The zero-order chi connectivity index (χ0) is 16.7. The lowest BCUT2D eigenvalue weighted by molar-refractivity contribution is 0.402. The van der Waals surface area contributed by atoms with E-state index < -0.39 is 0 Å². The highest BCUT2D eigenvalue weighted by atomic mass is 32.1. The summed E-state index contributed by atoms with van der Waals surface area (Å²) in [4.78, 5) is 18.0. The number of nitrogens with zero attached hydrogens (tertiary/aromatic N) is 2. The summed E-state index contributed by atoms with van der Waals surface area (Å²) >= 11 is 1.36. The predicted octanol–water partition coefficient (Wildman–Crippen LogP) is 2.47. The first kappa shape index (κ1) is 14.7. The Kier molecular flexibility index (Phi) is 3.46. The van der Waals surface area contributed by atoms with Gasteiger partial charge in [0.1, 0.15) is 11.5 Å². The molecule has 0 radical (unpaired) electrons. The highest BCUT2D eigenvalue weighted by Gasteiger charge is 2.11. The normalized spacial score (nSPS) is 12.2. The molecule has 2 heterocycles. The van der Waals surface area contributed by atoms with Crippen LogP contribution >= 0.6 is 11.3 Å². The van der Waals surface area contributed by atoms with Gasteiger partial charge in [-0.3, -0.25) is 4.79 Å². The molecule has 0 aliphatic rings. The zero-order valence-electron chi connectivity index (χ0n) is 13.1. The average Bonchev–Trinajstić information content (AvgIpc) is 3.11. The van der Waals surface area contributed by atoms with Crippen LogP contribution in [0.5, 0.6) is 11.5 Å². The van der Waals surface area contributed by atoms with Crippen molar-refractivity contribution in [2.24, 2.45) is 0 Å². The number of thiazole rings is 1. The first-order chi connectivity index (χ1) is 11.7. The predicted molar refractivity (Wildman–Crippen MR) is 95.2 cm³/mol. The van der Waals surface area contributed by atoms with Gasteiger partial charge in [0, 0.05) is 5.56 Å². The fourth-order valence-corrected chi connectivity index (χ4v) is 3.68. The summed E-state index contributed by atoms with van der Waals surface area (Å²) in [7, 11) is 3.21. The van der Waals surface area contributed by atoms with Gasteiger partial charge in [-0.2, -0.15) is 0 Å². The summed E-state index contributed by atoms with van der Waals surface area (Å²) in [6, 6.07) is 13.1. The Morgan fingerprint density at radius 2 is 1.96 bits per heavy atom. The molecule has 4 aromatic rings. The smallest absolute Gasteiger partial charge is 0.274 e. The molecule has 5 nitrogen and oxygen atoms in total. The Labute approximate surface area is 141 Å². The first-order valence-corrected chi connectivity index (χ1v) is 8.16. The lowest BCUT2D eigenvalue weighted by atomic mass is 10.2. The monoisotopic (exact) mass is 338 g/mol. The first-order valence-electron chi connectivity index (χ1n) is 7.35. The second-order valence-electron chi connectivity index (χ2n) is 5.24. The van der Waals surface area contributed by atoms with Gasteiger partial charge in [0.25, 0.3) is 5.56 Å². The minimum absolute atomic E-state index is 0.0754. The van der Waals surface area contributed by atoms with Crippen LogP contribution in [0.15, 0.2) is 47.3 Å². The average molecular weight is 338 g/mol. The summed E-state index contributed by atoms with van der Waals surface area (Å²) in [5.74, 6) is 1.40. The largest absolute Gasteiger partial charge is 0.497 e. The van der Waals surface area contributed by atoms with Gasteiger partial charge in [0.2, 0.25) is 0 Å². The quantitative estimate of drug-likeness (QED) is 0.576. The molecule has 0 unspecified atom stereocenters. The van der Waals surface area contributed by atoms with Crippen molar-refractivity contribution in [3.8, 4) is 11.5 Å². The lowest BCUT2D eigenvalue weighted by Gasteiger charge is -2.06. The number of methoxy groups -OCH3 is 2. The van der Waals surface area contributed by atoms with Crippen LogP contribution in [0, 0.1) is 0 Å². The molecule has 2 aromatic heterocycles. The number of ether oxygens (including phenoxy) is 2. The van der Waals surface area contributed by atoms with Crippen LogP contribution in [-0.4, -0.2) is 23.6 Å². The molecule has 24 heavy (non-hydrogen) atoms. The summed E-state index contributed by atoms with van der Waals surface area (Å²) in [5, 5.41) is 0. The van der Waals surface area contributed by atoms with Gasteiger partial charge in [-0.1, -0.05) is 23.5 Å². The molecule has 0 aliphatic heterocycles. The van der Waals surface area contributed by atoms with Crippen molar-refractivity contribution in [2.75, 3.05) is 14.2 Å². The number of hydrogen-bond acceptors (Lipinski definition) is 5. The Morgan fingerprint density at radius 1 is 1.12 bits per heavy atom. The summed E-state index contributed by atoms with van der Waals surface area (Å²) in [6.45, 7) is 0. The SMILES string of the molecule is COc1ccc(OC)c(C=c2sc3nc4ccccc4n3c2=O)c1. The van der Waals surface area contributed by atoms with Crippen molar-refractivity contribution >= 4 is 33.4 Å². The van der Waals surface area contributed by atoms with Gasteiger partial charge >= 0.3 is 0 Å². The van der Waals surface area contributed by atoms with Crippen LogP contribution in [0.3, 0.4) is 0 Å². The summed E-state index contributed by atoms with van der Waals surface area (Å²) < 4.78 is 12.9. The van der Waals surface area contributed by atoms with E-state index >= 15 is 0 Å². The Hall–Kier alpha value is -2.86. The Morgan fingerprint density at radius 3 is 2.75 bits per heavy atom. The molecule has 6 heteroatoms. The van der Waals surface area contributed by atoms with Gasteiger partial charge in [-0.05, 0) is 36.4 Å². The number of para-hydroxylation sites is 2. The van der Waals surface area contributed by atoms with Crippen molar-refractivity contribution in [3.05, 3.63) is 62.9 Å². The van der Waals surface area contributed by atoms with Crippen LogP contribution in [0.4, 0.5) is 0 Å². The summed E-state index contributed by atoms with van der Waals surface area (Å²) in [6.07, 6.45) is 1.82. The van der Waals surface area contributed by atoms with Crippen molar-refractivity contribution in [1.82, 2.24) is 9.38 Å². The molecular formula is C18H14N2O3S. The molecule has 4 rings (SSSR count). The third-order valence-corrected chi connectivity index (χ3v) is 4.84. The van der Waals surface area contributed by atoms with E-state index in [1.807, 2.05) is 48.5 Å². The van der Waals surface area contributed by atoms with Gasteiger partial charge in [-0.25, -0.2) is 9.38 Å². The number of imidazole rings is 1. The maximum Gasteiger partial charge on any atom is 0.274 e. The fraction of sp³-hybridized carbons (Fsp3) is 0.111. The van der Waals surface area contributed by atoms with E-state index in [0.717, 1.165) is 16.6 Å². The van der Waals surface area contributed by atoms with Crippen LogP contribution in [-0.2, 0) is 0 Å². The zero-order valence-corrected chi connectivity index (χ0v) is 14.0. The number of fused-ring (bicyclic) bond motifs is 3. The van der Waals surface area contributed by atoms with E-state index in [-0.39, 0.29) is 5.56 Å². The third-order valence-electron chi connectivity index (χ3n) is 3.87. The van der Waals surface area contributed by atoms with Gasteiger partial charge in [-0.15, -0.1) is 0 Å². The molecule has 0 fully saturated rings. The summed E-state index contributed by atoms with van der Waals surface area (Å²) in [5.41, 5.74) is 2.37. The molecule has 0 N–H and O–H groups in total. The van der Waals surface area contributed by atoms with E-state index in [1.165, 1.54) is 11.3 Å². The Bertz CT molecular complexity index is 1160. The van der Waals surface area contributed by atoms with Gasteiger partial charge in [0.15, 0.2) is 4.96 Å². The topological polar surface area (TPSA) is 52.8 Å². The number of hydrogen-bond donors (Lipinski definition) is 0. The molecular weight excluding hydrogens is 324 g/mol. The van der Waals surface area contributed by atoms with E-state index in [2.05, 4.69) is 4.98 Å². The molecule has 0 bridgehead atoms. The maximum atomic E-state index is 12.8. The highest BCUT2D eigenvalue weighted by Crippen LogP contribution is 2.24. The van der Waals surface area contributed by atoms with Crippen molar-refractivity contribution in [1.29, 1.82) is 0 Å². The molecule has 120 valence electrons. The number of benzene rings is 2. The van der Waals surface area contributed by atoms with E-state index in [4.69, 9.17) is 9.47 Å². The highest BCUT2D eigenvalue weighted by molar-refractivity contribution is 7.15. The molecule has 2 aromatic carbocycles.